The zero-order valence-corrected chi connectivity index (χ0v) is 9.55. The molecule has 6 heteroatoms. The highest BCUT2D eigenvalue weighted by Gasteiger charge is 2.35. The summed E-state index contributed by atoms with van der Waals surface area (Å²) in [5.74, 6) is -0.670. The number of halogens is 3. The quantitative estimate of drug-likeness (QED) is 0.849. The number of benzene rings is 1. The lowest BCUT2D eigenvalue weighted by Gasteiger charge is -2.15. The zero-order chi connectivity index (χ0) is 13.2. The highest BCUT2D eigenvalue weighted by Crippen LogP contribution is 2.31. The number of hydrogen-bond acceptors (Lipinski definition) is 2. The molecule has 2 N–H and O–H groups in total. The van der Waals surface area contributed by atoms with Gasteiger partial charge in [-0.15, -0.1) is 0 Å². The van der Waals surface area contributed by atoms with E-state index in [2.05, 4.69) is 10.6 Å². The molecule has 1 aromatic rings. The molecule has 98 valence electrons. The maximum absolute atomic E-state index is 12.7. The molecular formula is C12H13F3N2O. The van der Waals surface area contributed by atoms with Crippen LogP contribution in [-0.2, 0) is 6.18 Å². The molecule has 0 spiro atoms. The van der Waals surface area contributed by atoms with Crippen LogP contribution in [0.25, 0.3) is 0 Å². The minimum atomic E-state index is -4.51. The van der Waals surface area contributed by atoms with Crippen LogP contribution in [0.15, 0.2) is 24.3 Å². The minimum Gasteiger partial charge on any atom is -0.348 e. The van der Waals surface area contributed by atoms with E-state index in [0.717, 1.165) is 19.0 Å². The van der Waals surface area contributed by atoms with Crippen LogP contribution in [-0.4, -0.2) is 25.0 Å². The van der Waals surface area contributed by atoms with Crippen LogP contribution in [0.3, 0.4) is 0 Å². The van der Waals surface area contributed by atoms with Gasteiger partial charge in [-0.25, -0.2) is 0 Å². The van der Waals surface area contributed by atoms with Crippen LogP contribution in [0.4, 0.5) is 13.2 Å². The standard InChI is InChI=1S/C12H13F3N2O/c13-12(14,15)10-4-2-1-3-9(10)11(18)17-8-5-6-16-7-8/h1-4,8,16H,5-7H2,(H,17,18)/t8-/m1/s1. The predicted octanol–water partition coefficient (Wildman–Crippen LogP) is 1.80. The molecule has 1 aliphatic heterocycles. The summed E-state index contributed by atoms with van der Waals surface area (Å²) in [6.07, 6.45) is -3.78. The van der Waals surface area contributed by atoms with Crippen LogP contribution >= 0.6 is 0 Å². The minimum absolute atomic E-state index is 0.0983. The van der Waals surface area contributed by atoms with E-state index in [1.165, 1.54) is 18.2 Å². The number of carbonyl (C=O) groups excluding carboxylic acids is 1. The Morgan fingerprint density at radius 3 is 2.67 bits per heavy atom. The molecule has 0 aliphatic carbocycles. The molecule has 1 amide bonds. The second-order valence-corrected chi connectivity index (χ2v) is 4.21. The van der Waals surface area contributed by atoms with Crippen molar-refractivity contribution in [1.29, 1.82) is 0 Å². The van der Waals surface area contributed by atoms with Crippen molar-refractivity contribution >= 4 is 5.91 Å². The van der Waals surface area contributed by atoms with Gasteiger partial charge in [0, 0.05) is 12.6 Å². The summed E-state index contributed by atoms with van der Waals surface area (Å²) in [4.78, 5) is 11.8. The molecule has 0 radical (unpaired) electrons. The van der Waals surface area contributed by atoms with Crippen molar-refractivity contribution in [2.45, 2.75) is 18.6 Å². The highest BCUT2D eigenvalue weighted by atomic mass is 19.4. The first-order chi connectivity index (χ1) is 8.48. The third kappa shape index (κ3) is 2.81. The summed E-state index contributed by atoms with van der Waals surface area (Å²) >= 11 is 0. The van der Waals surface area contributed by atoms with Crippen LogP contribution < -0.4 is 10.6 Å². The van der Waals surface area contributed by atoms with Gasteiger partial charge in [0.25, 0.3) is 5.91 Å². The van der Waals surface area contributed by atoms with E-state index in [1.54, 1.807) is 0 Å². The molecule has 0 saturated carbocycles. The van der Waals surface area contributed by atoms with E-state index in [-0.39, 0.29) is 11.6 Å². The largest absolute Gasteiger partial charge is 0.417 e. The summed E-state index contributed by atoms with van der Waals surface area (Å²) in [6, 6.07) is 4.72. The van der Waals surface area contributed by atoms with Crippen LogP contribution in [0.2, 0.25) is 0 Å². The van der Waals surface area contributed by atoms with Crippen LogP contribution in [0.1, 0.15) is 22.3 Å². The lowest BCUT2D eigenvalue weighted by atomic mass is 10.1. The molecule has 1 fully saturated rings. The first kappa shape index (κ1) is 12.9. The number of nitrogens with one attached hydrogen (secondary N) is 2. The van der Waals surface area contributed by atoms with Gasteiger partial charge in [-0.05, 0) is 25.1 Å². The summed E-state index contributed by atoms with van der Waals surface area (Å²) in [6.45, 7) is 1.37. The number of carbonyl (C=O) groups is 1. The van der Waals surface area contributed by atoms with Crippen molar-refractivity contribution < 1.29 is 18.0 Å². The normalized spacial score (nSPS) is 19.8. The van der Waals surface area contributed by atoms with E-state index in [9.17, 15) is 18.0 Å². The average Bonchev–Trinajstić information content (AvgIpc) is 2.80. The van der Waals surface area contributed by atoms with Gasteiger partial charge < -0.3 is 10.6 Å². The molecule has 0 unspecified atom stereocenters. The maximum Gasteiger partial charge on any atom is 0.417 e. The summed E-state index contributed by atoms with van der Waals surface area (Å²) in [5, 5.41) is 5.64. The molecular weight excluding hydrogens is 245 g/mol. The number of rotatable bonds is 2. The summed E-state index contributed by atoms with van der Waals surface area (Å²) < 4.78 is 38.2. The third-order valence-corrected chi connectivity index (χ3v) is 2.87. The second kappa shape index (κ2) is 4.97. The molecule has 3 nitrogen and oxygen atoms in total. The summed E-state index contributed by atoms with van der Waals surface area (Å²) in [5.41, 5.74) is -1.22. The Balaban J connectivity index is 2.19. The highest BCUT2D eigenvalue weighted by molar-refractivity contribution is 5.96. The molecule has 18 heavy (non-hydrogen) atoms. The Kier molecular flexibility index (Phi) is 3.56. The van der Waals surface area contributed by atoms with Crippen LogP contribution in [0.5, 0.6) is 0 Å². The van der Waals surface area contributed by atoms with Gasteiger partial charge in [-0.1, -0.05) is 12.1 Å². The van der Waals surface area contributed by atoms with Crippen molar-refractivity contribution in [3.8, 4) is 0 Å². The molecule has 2 rings (SSSR count). The first-order valence-electron chi connectivity index (χ1n) is 5.66. The topological polar surface area (TPSA) is 41.1 Å². The molecule has 1 saturated heterocycles. The van der Waals surface area contributed by atoms with E-state index >= 15 is 0 Å². The number of hydrogen-bond donors (Lipinski definition) is 2. The van der Waals surface area contributed by atoms with Gasteiger partial charge in [0.1, 0.15) is 0 Å². The van der Waals surface area contributed by atoms with E-state index in [0.29, 0.717) is 6.54 Å². The lowest BCUT2D eigenvalue weighted by molar-refractivity contribution is -0.137. The van der Waals surface area contributed by atoms with Crippen LogP contribution in [0, 0.1) is 0 Å². The van der Waals surface area contributed by atoms with Gasteiger partial charge in [0.2, 0.25) is 0 Å². The third-order valence-electron chi connectivity index (χ3n) is 2.87. The Hall–Kier alpha value is -1.56. The fourth-order valence-electron chi connectivity index (χ4n) is 1.97. The van der Waals surface area contributed by atoms with E-state index < -0.39 is 17.6 Å². The Morgan fingerprint density at radius 2 is 2.06 bits per heavy atom. The Morgan fingerprint density at radius 1 is 1.33 bits per heavy atom. The maximum atomic E-state index is 12.7. The molecule has 1 aromatic carbocycles. The van der Waals surface area contributed by atoms with Crippen molar-refractivity contribution in [2.24, 2.45) is 0 Å². The second-order valence-electron chi connectivity index (χ2n) is 4.21. The molecule has 1 atom stereocenters. The monoisotopic (exact) mass is 258 g/mol. The number of amides is 1. The smallest absolute Gasteiger partial charge is 0.348 e. The number of alkyl halides is 3. The molecule has 1 heterocycles. The SMILES string of the molecule is O=C(N[C@@H]1CCNC1)c1ccccc1C(F)(F)F. The van der Waals surface area contributed by atoms with Gasteiger partial charge in [0.15, 0.2) is 0 Å². The van der Waals surface area contributed by atoms with Crippen molar-refractivity contribution in [1.82, 2.24) is 10.6 Å². The lowest BCUT2D eigenvalue weighted by Crippen LogP contribution is -2.37. The van der Waals surface area contributed by atoms with Gasteiger partial charge >= 0.3 is 6.18 Å². The predicted molar refractivity (Wildman–Crippen MR) is 60.2 cm³/mol. The molecule has 0 bridgehead atoms. The Labute approximate surface area is 102 Å². The first-order valence-corrected chi connectivity index (χ1v) is 5.66. The fraction of sp³-hybridized carbons (Fsp3) is 0.417. The summed E-state index contributed by atoms with van der Waals surface area (Å²) in [7, 11) is 0. The van der Waals surface area contributed by atoms with Gasteiger partial charge in [-0.2, -0.15) is 13.2 Å². The van der Waals surface area contributed by atoms with E-state index in [1.807, 2.05) is 0 Å². The molecule has 1 aliphatic rings. The fourth-order valence-corrected chi connectivity index (χ4v) is 1.97. The van der Waals surface area contributed by atoms with E-state index in [4.69, 9.17) is 0 Å². The van der Waals surface area contributed by atoms with Gasteiger partial charge in [0.05, 0.1) is 11.1 Å². The van der Waals surface area contributed by atoms with Gasteiger partial charge in [-0.3, -0.25) is 4.79 Å². The average molecular weight is 258 g/mol. The molecule has 0 aromatic heterocycles. The van der Waals surface area contributed by atoms with Crippen molar-refractivity contribution in [2.75, 3.05) is 13.1 Å². The zero-order valence-electron chi connectivity index (χ0n) is 9.55. The Bertz CT molecular complexity index is 439. The van der Waals surface area contributed by atoms with Crippen molar-refractivity contribution in [3.63, 3.8) is 0 Å². The van der Waals surface area contributed by atoms with Crippen molar-refractivity contribution in [3.05, 3.63) is 35.4 Å².